The zero-order chi connectivity index (χ0) is 20.8. The fourth-order valence-corrected chi connectivity index (χ4v) is 3.60. The molecule has 1 saturated carbocycles. The lowest BCUT2D eigenvalue weighted by Crippen LogP contribution is -2.42. The standard InChI is InChI=1S/C19H38N2O2.C2H4O2/c1-4-5-11-21-19(23)16(14(2)3)13-18(22)17(20)12-15-9-7-6-8-10-15;1-2(3)4/h14-18,22H,4-13,20H2,1-3H3,(H,21,23);1H3,(H,3,4)/t16-,17-,18-;/m0./s1. The van der Waals surface area contributed by atoms with Gasteiger partial charge in [-0.3, -0.25) is 9.59 Å². The van der Waals surface area contributed by atoms with Gasteiger partial charge in [0.25, 0.3) is 5.97 Å². The van der Waals surface area contributed by atoms with E-state index in [4.69, 9.17) is 15.6 Å². The lowest BCUT2D eigenvalue weighted by molar-refractivity contribution is -0.134. The van der Waals surface area contributed by atoms with Crippen molar-refractivity contribution < 1.29 is 19.8 Å². The largest absolute Gasteiger partial charge is 0.481 e. The summed E-state index contributed by atoms with van der Waals surface area (Å²) in [7, 11) is 0. The van der Waals surface area contributed by atoms with Crippen LogP contribution in [0, 0.1) is 17.8 Å². The van der Waals surface area contributed by atoms with Gasteiger partial charge in [0.05, 0.1) is 6.10 Å². The highest BCUT2D eigenvalue weighted by atomic mass is 16.4. The molecule has 6 heteroatoms. The number of aliphatic hydroxyl groups excluding tert-OH is 1. The molecular weight excluding hydrogens is 344 g/mol. The quantitative estimate of drug-likeness (QED) is 0.430. The van der Waals surface area contributed by atoms with Gasteiger partial charge in [-0.25, -0.2) is 0 Å². The van der Waals surface area contributed by atoms with Crippen molar-refractivity contribution >= 4 is 11.9 Å². The maximum Gasteiger partial charge on any atom is 0.300 e. The van der Waals surface area contributed by atoms with Crippen molar-refractivity contribution in [3.8, 4) is 0 Å². The van der Waals surface area contributed by atoms with Gasteiger partial charge in [0.2, 0.25) is 5.91 Å². The Morgan fingerprint density at radius 3 is 2.22 bits per heavy atom. The van der Waals surface area contributed by atoms with Gasteiger partial charge in [-0.05, 0) is 31.1 Å². The van der Waals surface area contributed by atoms with Gasteiger partial charge >= 0.3 is 0 Å². The van der Waals surface area contributed by atoms with Crippen LogP contribution in [-0.4, -0.2) is 40.8 Å². The average molecular weight is 387 g/mol. The number of amides is 1. The fourth-order valence-electron chi connectivity index (χ4n) is 3.60. The van der Waals surface area contributed by atoms with Crippen molar-refractivity contribution in [3.05, 3.63) is 0 Å². The van der Waals surface area contributed by atoms with Crippen molar-refractivity contribution in [1.29, 1.82) is 0 Å². The van der Waals surface area contributed by atoms with Gasteiger partial charge in [0, 0.05) is 25.4 Å². The summed E-state index contributed by atoms with van der Waals surface area (Å²) < 4.78 is 0. The van der Waals surface area contributed by atoms with Crippen molar-refractivity contribution in [2.24, 2.45) is 23.5 Å². The van der Waals surface area contributed by atoms with E-state index in [9.17, 15) is 9.90 Å². The Morgan fingerprint density at radius 1 is 1.19 bits per heavy atom. The number of aliphatic carboxylic acids is 1. The molecule has 6 nitrogen and oxygen atoms in total. The molecule has 1 aliphatic rings. The van der Waals surface area contributed by atoms with Gasteiger partial charge in [-0.2, -0.15) is 0 Å². The first kappa shape index (κ1) is 25.9. The van der Waals surface area contributed by atoms with E-state index in [-0.39, 0.29) is 23.8 Å². The predicted octanol–water partition coefficient (Wildman–Crippen LogP) is 3.31. The minimum absolute atomic E-state index is 0.0670. The summed E-state index contributed by atoms with van der Waals surface area (Å²) in [4.78, 5) is 21.3. The Labute approximate surface area is 165 Å². The van der Waals surface area contributed by atoms with E-state index in [2.05, 4.69) is 12.2 Å². The highest BCUT2D eigenvalue weighted by molar-refractivity contribution is 5.78. The number of hydrogen-bond acceptors (Lipinski definition) is 4. The second-order valence-corrected chi connectivity index (χ2v) is 8.22. The Bertz CT molecular complexity index is 405. The molecule has 0 radical (unpaired) electrons. The van der Waals surface area contributed by atoms with Gasteiger partial charge in [-0.1, -0.05) is 59.3 Å². The molecule has 0 aromatic carbocycles. The normalized spacial score (nSPS) is 18.2. The summed E-state index contributed by atoms with van der Waals surface area (Å²) in [6.07, 6.45) is 9.26. The third kappa shape index (κ3) is 12.8. The maximum atomic E-state index is 12.3. The van der Waals surface area contributed by atoms with Crippen LogP contribution in [0.3, 0.4) is 0 Å². The Balaban J connectivity index is 0.00000153. The van der Waals surface area contributed by atoms with Gasteiger partial charge in [-0.15, -0.1) is 0 Å². The van der Waals surface area contributed by atoms with Crippen LogP contribution in [0.5, 0.6) is 0 Å². The molecule has 0 heterocycles. The van der Waals surface area contributed by atoms with Crippen LogP contribution in [0.15, 0.2) is 0 Å². The van der Waals surface area contributed by atoms with Crippen molar-refractivity contribution in [2.45, 2.75) is 97.6 Å². The highest BCUT2D eigenvalue weighted by Gasteiger charge is 2.29. The average Bonchev–Trinajstić information content (AvgIpc) is 2.59. The lowest BCUT2D eigenvalue weighted by Gasteiger charge is -2.29. The number of nitrogens with one attached hydrogen (secondary N) is 1. The van der Waals surface area contributed by atoms with Crippen LogP contribution in [0.1, 0.15) is 85.5 Å². The summed E-state index contributed by atoms with van der Waals surface area (Å²) in [6, 6.07) is -0.206. The number of unbranched alkanes of at least 4 members (excludes halogenated alkanes) is 1. The van der Waals surface area contributed by atoms with E-state index in [1.54, 1.807) is 0 Å². The van der Waals surface area contributed by atoms with Gasteiger partial charge in [0.1, 0.15) is 0 Å². The topological polar surface area (TPSA) is 113 Å². The van der Waals surface area contributed by atoms with E-state index in [1.807, 2.05) is 13.8 Å². The van der Waals surface area contributed by atoms with Crippen LogP contribution >= 0.6 is 0 Å². The molecule has 0 bridgehead atoms. The first-order chi connectivity index (χ1) is 12.7. The number of carboxylic acids is 1. The van der Waals surface area contributed by atoms with Crippen LogP contribution in [-0.2, 0) is 9.59 Å². The highest BCUT2D eigenvalue weighted by Crippen LogP contribution is 2.28. The maximum absolute atomic E-state index is 12.3. The van der Waals surface area contributed by atoms with E-state index in [0.717, 1.165) is 32.7 Å². The number of carbonyl (C=O) groups excluding carboxylic acids is 1. The smallest absolute Gasteiger partial charge is 0.300 e. The molecule has 1 rings (SSSR count). The summed E-state index contributed by atoms with van der Waals surface area (Å²) in [6.45, 7) is 8.01. The first-order valence-electron chi connectivity index (χ1n) is 10.6. The second kappa shape index (κ2) is 14.9. The predicted molar refractivity (Wildman–Crippen MR) is 109 cm³/mol. The molecule has 0 spiro atoms. The molecule has 1 fully saturated rings. The Kier molecular flexibility index (Phi) is 14.2. The van der Waals surface area contributed by atoms with Crippen LogP contribution in [0.25, 0.3) is 0 Å². The number of aliphatic hydroxyl groups is 1. The number of nitrogens with two attached hydrogens (primary N) is 1. The molecular formula is C21H42N2O4. The molecule has 5 N–H and O–H groups in total. The SMILES string of the molecule is CC(=O)O.CCCCNC(=O)[C@@H](C[C@H](O)[C@@H](N)CC1CCCCC1)C(C)C. The van der Waals surface area contributed by atoms with Crippen LogP contribution in [0.4, 0.5) is 0 Å². The molecule has 0 aliphatic heterocycles. The van der Waals surface area contributed by atoms with Crippen molar-refractivity contribution in [2.75, 3.05) is 6.54 Å². The molecule has 0 aromatic rings. The summed E-state index contributed by atoms with van der Waals surface area (Å²) in [5.74, 6) is -0.0472. The van der Waals surface area contributed by atoms with Gasteiger partial charge in [0.15, 0.2) is 0 Å². The molecule has 3 atom stereocenters. The second-order valence-electron chi connectivity index (χ2n) is 8.22. The first-order valence-corrected chi connectivity index (χ1v) is 10.6. The number of hydrogen-bond donors (Lipinski definition) is 4. The Morgan fingerprint density at radius 2 is 1.74 bits per heavy atom. The number of carboxylic acid groups (broad SMARTS) is 1. The van der Waals surface area contributed by atoms with E-state index in [1.165, 1.54) is 32.1 Å². The monoisotopic (exact) mass is 386 g/mol. The minimum atomic E-state index is -0.833. The lowest BCUT2D eigenvalue weighted by atomic mass is 9.81. The summed E-state index contributed by atoms with van der Waals surface area (Å²) in [5, 5.41) is 20.9. The molecule has 0 saturated heterocycles. The van der Waals surface area contributed by atoms with E-state index >= 15 is 0 Å². The van der Waals surface area contributed by atoms with Crippen LogP contribution in [0.2, 0.25) is 0 Å². The summed E-state index contributed by atoms with van der Waals surface area (Å²) in [5.41, 5.74) is 6.24. The van der Waals surface area contributed by atoms with E-state index in [0.29, 0.717) is 12.3 Å². The molecule has 1 amide bonds. The van der Waals surface area contributed by atoms with Crippen molar-refractivity contribution in [3.63, 3.8) is 0 Å². The molecule has 1 aliphatic carbocycles. The Hall–Kier alpha value is -1.14. The fraction of sp³-hybridized carbons (Fsp3) is 0.905. The molecule has 0 aromatic heterocycles. The molecule has 27 heavy (non-hydrogen) atoms. The van der Waals surface area contributed by atoms with Crippen LogP contribution < -0.4 is 11.1 Å². The number of rotatable bonds is 10. The van der Waals surface area contributed by atoms with Gasteiger partial charge < -0.3 is 21.3 Å². The van der Waals surface area contributed by atoms with Crippen molar-refractivity contribution in [1.82, 2.24) is 5.32 Å². The molecule has 160 valence electrons. The zero-order valence-corrected chi connectivity index (χ0v) is 17.7. The van der Waals surface area contributed by atoms with E-state index < -0.39 is 12.1 Å². The molecule has 0 unspecified atom stereocenters. The minimum Gasteiger partial charge on any atom is -0.481 e. The number of carbonyl (C=O) groups is 2. The third-order valence-corrected chi connectivity index (χ3v) is 5.29. The summed E-state index contributed by atoms with van der Waals surface area (Å²) >= 11 is 0. The zero-order valence-electron chi connectivity index (χ0n) is 17.7. The third-order valence-electron chi connectivity index (χ3n) is 5.29.